The van der Waals surface area contributed by atoms with E-state index in [1.807, 2.05) is 6.07 Å². The van der Waals surface area contributed by atoms with E-state index in [9.17, 15) is 22.8 Å². The number of para-hydroxylation sites is 2. The summed E-state index contributed by atoms with van der Waals surface area (Å²) in [5.74, 6) is -0.530. The smallest absolute Gasteiger partial charge is 0.324 e. The van der Waals surface area contributed by atoms with Crippen LogP contribution in [0.15, 0.2) is 54.6 Å². The molecule has 1 fully saturated rings. The van der Waals surface area contributed by atoms with Crippen LogP contribution in [0.3, 0.4) is 0 Å². The molecule has 2 heterocycles. The van der Waals surface area contributed by atoms with Crippen molar-refractivity contribution in [2.24, 2.45) is 0 Å². The second-order valence-corrected chi connectivity index (χ2v) is 8.53. The molecule has 3 aromatic rings. The highest BCUT2D eigenvalue weighted by molar-refractivity contribution is 7.13. The van der Waals surface area contributed by atoms with Crippen LogP contribution in [-0.4, -0.2) is 40.1 Å². The third-order valence-corrected chi connectivity index (χ3v) is 6.28. The lowest BCUT2D eigenvalue weighted by Gasteiger charge is -2.31. The van der Waals surface area contributed by atoms with Crippen molar-refractivity contribution in [2.75, 3.05) is 23.7 Å². The number of nitrogens with one attached hydrogen (secondary N) is 2. The Morgan fingerprint density at radius 3 is 2.48 bits per heavy atom. The summed E-state index contributed by atoms with van der Waals surface area (Å²) in [6, 6.07) is 13.2. The summed E-state index contributed by atoms with van der Waals surface area (Å²) < 4.78 is 39.7. The lowest BCUT2D eigenvalue weighted by molar-refractivity contribution is -0.136. The number of anilines is 2. The quantitative estimate of drug-likeness (QED) is 0.542. The van der Waals surface area contributed by atoms with Gasteiger partial charge < -0.3 is 15.5 Å². The lowest BCUT2D eigenvalue weighted by Crippen LogP contribution is -2.41. The third-order valence-electron chi connectivity index (χ3n) is 5.20. The van der Waals surface area contributed by atoms with Crippen LogP contribution in [0, 0.1) is 0 Å². The zero-order valence-corrected chi connectivity index (χ0v) is 18.1. The minimum absolute atomic E-state index is 0.155. The number of likely N-dealkylation sites (tertiary alicyclic amines) is 1. The van der Waals surface area contributed by atoms with E-state index in [1.54, 1.807) is 24.3 Å². The van der Waals surface area contributed by atoms with Crippen molar-refractivity contribution in [1.29, 1.82) is 0 Å². The fourth-order valence-corrected chi connectivity index (χ4v) is 4.46. The van der Waals surface area contributed by atoms with E-state index in [0.29, 0.717) is 23.7 Å². The van der Waals surface area contributed by atoms with E-state index in [4.69, 9.17) is 0 Å². The number of carbonyl (C=O) groups is 2. The number of hydrogen-bond donors (Lipinski definition) is 2. The van der Waals surface area contributed by atoms with Crippen molar-refractivity contribution < 1.29 is 22.8 Å². The number of nitrogens with zero attached hydrogens (tertiary/aromatic N) is 3. The Morgan fingerprint density at radius 1 is 1.00 bits per heavy atom. The Hall–Kier alpha value is -3.47. The van der Waals surface area contributed by atoms with Gasteiger partial charge >= 0.3 is 12.2 Å². The molecule has 0 bridgehead atoms. The van der Waals surface area contributed by atoms with E-state index in [1.165, 1.54) is 23.1 Å². The molecule has 2 aromatic carbocycles. The topological polar surface area (TPSA) is 87.2 Å². The van der Waals surface area contributed by atoms with Gasteiger partial charge in [-0.15, -0.1) is 10.2 Å². The first-order valence-corrected chi connectivity index (χ1v) is 11.0. The molecule has 1 atom stereocenters. The van der Waals surface area contributed by atoms with Gasteiger partial charge in [-0.3, -0.25) is 4.79 Å². The zero-order valence-electron chi connectivity index (χ0n) is 17.3. The molecule has 172 valence electrons. The van der Waals surface area contributed by atoms with E-state index < -0.39 is 17.8 Å². The number of aromatic nitrogens is 2. The second-order valence-electron chi connectivity index (χ2n) is 7.52. The third kappa shape index (κ3) is 5.48. The van der Waals surface area contributed by atoms with Crippen molar-refractivity contribution in [2.45, 2.75) is 24.9 Å². The van der Waals surface area contributed by atoms with E-state index in [-0.39, 0.29) is 29.1 Å². The van der Waals surface area contributed by atoms with Crippen LogP contribution in [0.25, 0.3) is 0 Å². The molecule has 0 aliphatic carbocycles. The molecule has 1 saturated heterocycles. The van der Waals surface area contributed by atoms with Gasteiger partial charge in [0, 0.05) is 24.7 Å². The van der Waals surface area contributed by atoms with Gasteiger partial charge in [0.05, 0.1) is 11.3 Å². The van der Waals surface area contributed by atoms with Crippen LogP contribution in [-0.2, 0) is 6.18 Å². The maximum Gasteiger partial charge on any atom is 0.418 e. The summed E-state index contributed by atoms with van der Waals surface area (Å²) in [6.45, 7) is 0.686. The van der Waals surface area contributed by atoms with Gasteiger partial charge in [0.1, 0.15) is 5.01 Å². The number of halogens is 3. The SMILES string of the molecule is O=C(Nc1ccccc1)c1nnc([C@@H]2CCCN(C(=O)Nc3ccccc3C(F)(F)F)C2)s1. The largest absolute Gasteiger partial charge is 0.418 e. The molecule has 0 unspecified atom stereocenters. The first-order chi connectivity index (χ1) is 15.8. The Labute approximate surface area is 191 Å². The van der Waals surface area contributed by atoms with Crippen LogP contribution >= 0.6 is 11.3 Å². The molecule has 4 rings (SSSR count). The summed E-state index contributed by atoms with van der Waals surface area (Å²) in [7, 11) is 0. The van der Waals surface area contributed by atoms with Gasteiger partial charge in [-0.2, -0.15) is 13.2 Å². The molecule has 0 saturated carbocycles. The summed E-state index contributed by atoms with van der Waals surface area (Å²) in [5.41, 5.74) is -0.545. The van der Waals surface area contributed by atoms with Crippen LogP contribution in [0.2, 0.25) is 0 Å². The number of carbonyl (C=O) groups excluding carboxylic acids is 2. The minimum Gasteiger partial charge on any atom is -0.324 e. The molecule has 3 amide bonds. The minimum atomic E-state index is -4.57. The summed E-state index contributed by atoms with van der Waals surface area (Å²) in [6.07, 6.45) is -3.18. The molecule has 0 spiro atoms. The van der Waals surface area contributed by atoms with E-state index in [2.05, 4.69) is 20.8 Å². The van der Waals surface area contributed by atoms with Crippen LogP contribution in [0.4, 0.5) is 29.3 Å². The zero-order chi connectivity index (χ0) is 23.4. The molecule has 7 nitrogen and oxygen atoms in total. The highest BCUT2D eigenvalue weighted by Gasteiger charge is 2.34. The number of piperidine rings is 1. The molecule has 11 heteroatoms. The summed E-state index contributed by atoms with van der Waals surface area (Å²) in [5, 5.41) is 14.0. The Morgan fingerprint density at radius 2 is 1.73 bits per heavy atom. The van der Waals surface area contributed by atoms with Crippen LogP contribution in [0.1, 0.15) is 39.1 Å². The van der Waals surface area contributed by atoms with Gasteiger partial charge in [0.25, 0.3) is 5.91 Å². The first-order valence-electron chi connectivity index (χ1n) is 10.2. The standard InChI is InChI=1S/C22H20F3N5O2S/c23-22(24,25)16-10-4-5-11-17(16)27-21(32)30-12-6-7-14(13-30)19-28-29-20(33-19)18(31)26-15-8-2-1-3-9-15/h1-5,8-11,14H,6-7,12-13H2,(H,26,31)(H,27,32)/t14-/m1/s1. The van der Waals surface area contributed by atoms with Crippen molar-refractivity contribution in [3.63, 3.8) is 0 Å². The van der Waals surface area contributed by atoms with Crippen molar-refractivity contribution in [1.82, 2.24) is 15.1 Å². The Bertz CT molecular complexity index is 1140. The van der Waals surface area contributed by atoms with Gasteiger partial charge in [0.15, 0.2) is 0 Å². The van der Waals surface area contributed by atoms with E-state index in [0.717, 1.165) is 23.8 Å². The molecular weight excluding hydrogens is 455 g/mol. The molecule has 2 N–H and O–H groups in total. The molecule has 33 heavy (non-hydrogen) atoms. The Kier molecular flexibility index (Phi) is 6.59. The average Bonchev–Trinajstić information content (AvgIpc) is 3.30. The predicted molar refractivity (Wildman–Crippen MR) is 118 cm³/mol. The van der Waals surface area contributed by atoms with Crippen LogP contribution in [0.5, 0.6) is 0 Å². The molecule has 1 aliphatic heterocycles. The van der Waals surface area contributed by atoms with Crippen LogP contribution < -0.4 is 10.6 Å². The number of urea groups is 1. The summed E-state index contributed by atoms with van der Waals surface area (Å²) >= 11 is 1.15. The number of hydrogen-bond acceptors (Lipinski definition) is 5. The fraction of sp³-hybridized carbons (Fsp3) is 0.273. The number of alkyl halides is 3. The van der Waals surface area contributed by atoms with Gasteiger partial charge in [-0.05, 0) is 37.1 Å². The molecule has 1 aromatic heterocycles. The number of amides is 3. The highest BCUT2D eigenvalue weighted by Crippen LogP contribution is 2.35. The van der Waals surface area contributed by atoms with Gasteiger partial charge in [-0.25, -0.2) is 4.79 Å². The molecular formula is C22H20F3N5O2S. The maximum atomic E-state index is 13.2. The average molecular weight is 475 g/mol. The maximum absolute atomic E-state index is 13.2. The molecule has 0 radical (unpaired) electrons. The van der Waals surface area contributed by atoms with Gasteiger partial charge in [0.2, 0.25) is 5.01 Å². The number of rotatable bonds is 4. The highest BCUT2D eigenvalue weighted by atomic mass is 32.1. The van der Waals surface area contributed by atoms with Gasteiger partial charge in [-0.1, -0.05) is 41.7 Å². The van der Waals surface area contributed by atoms with Crippen molar-refractivity contribution in [3.8, 4) is 0 Å². The van der Waals surface area contributed by atoms with Crippen molar-refractivity contribution in [3.05, 3.63) is 70.2 Å². The first kappa shape index (κ1) is 22.7. The van der Waals surface area contributed by atoms with Crippen molar-refractivity contribution >= 4 is 34.6 Å². The molecule has 1 aliphatic rings. The second kappa shape index (κ2) is 9.57. The Balaban J connectivity index is 1.41. The van der Waals surface area contributed by atoms with E-state index >= 15 is 0 Å². The predicted octanol–water partition coefficient (Wildman–Crippen LogP) is 5.22. The monoisotopic (exact) mass is 475 g/mol. The lowest BCUT2D eigenvalue weighted by atomic mass is 9.99. The normalized spacial score (nSPS) is 16.3. The number of benzene rings is 2. The fourth-order valence-electron chi connectivity index (χ4n) is 3.59. The summed E-state index contributed by atoms with van der Waals surface area (Å²) in [4.78, 5) is 26.6.